The summed E-state index contributed by atoms with van der Waals surface area (Å²) in [5.74, 6) is 0.262. The molecule has 0 spiro atoms. The lowest BCUT2D eigenvalue weighted by Gasteiger charge is -2.06. The highest BCUT2D eigenvalue weighted by Crippen LogP contribution is 2.34. The van der Waals surface area contributed by atoms with E-state index < -0.39 is 15.8 Å². The minimum atomic E-state index is -3.95. The van der Waals surface area contributed by atoms with Crippen LogP contribution in [0.2, 0.25) is 0 Å². The van der Waals surface area contributed by atoms with Crippen LogP contribution in [0, 0.1) is 12.7 Å². The molecule has 8 heteroatoms. The molecule has 0 N–H and O–H groups in total. The fourth-order valence-electron chi connectivity index (χ4n) is 3.16. The molecule has 2 aromatic carbocycles. The number of sulfonamides is 1. The summed E-state index contributed by atoms with van der Waals surface area (Å²) in [6.07, 6.45) is 0. The van der Waals surface area contributed by atoms with E-state index in [1.165, 1.54) is 23.5 Å². The van der Waals surface area contributed by atoms with Gasteiger partial charge in [0.2, 0.25) is 4.80 Å². The Bertz CT molecular complexity index is 1330. The van der Waals surface area contributed by atoms with Crippen LogP contribution in [0.4, 0.5) is 4.39 Å². The van der Waals surface area contributed by atoms with Crippen molar-refractivity contribution in [1.82, 2.24) is 4.57 Å². The molecule has 0 bridgehead atoms. The van der Waals surface area contributed by atoms with Crippen molar-refractivity contribution in [3.05, 3.63) is 70.3 Å². The number of rotatable bonds is 4. The molecular weight excluding hydrogens is 399 g/mol. The van der Waals surface area contributed by atoms with Crippen LogP contribution in [-0.4, -0.2) is 13.0 Å². The summed E-state index contributed by atoms with van der Waals surface area (Å²) >= 11 is 1.24. The largest absolute Gasteiger partial charge is 0.461 e. The predicted octanol–water partition coefficient (Wildman–Crippen LogP) is 4.72. The van der Waals surface area contributed by atoms with E-state index >= 15 is 0 Å². The molecule has 0 saturated heterocycles. The quantitative estimate of drug-likeness (QED) is 0.484. The second-order valence-electron chi connectivity index (χ2n) is 6.20. The minimum Gasteiger partial charge on any atom is -0.461 e. The normalized spacial score (nSPS) is 12.8. The number of furan rings is 1. The molecule has 4 aromatic rings. The van der Waals surface area contributed by atoms with Gasteiger partial charge in [-0.2, -0.15) is 8.42 Å². The second kappa shape index (κ2) is 7.03. The van der Waals surface area contributed by atoms with E-state index in [0.717, 1.165) is 40.1 Å². The third-order valence-electron chi connectivity index (χ3n) is 4.45. The number of hydrogen-bond donors (Lipinski definition) is 0. The number of hydrogen-bond acceptors (Lipinski definition) is 4. The number of nitrogens with zero attached hydrogens (tertiary/aromatic N) is 2. The fraction of sp³-hybridized carbons (Fsp3) is 0.150. The Morgan fingerprint density at radius 2 is 1.86 bits per heavy atom. The first-order valence-electron chi connectivity index (χ1n) is 8.64. The maximum atomic E-state index is 13.1. The summed E-state index contributed by atoms with van der Waals surface area (Å²) in [5, 5.41) is 2.85. The molecule has 5 nitrogen and oxygen atoms in total. The van der Waals surface area contributed by atoms with Gasteiger partial charge in [0.1, 0.15) is 17.2 Å². The average Bonchev–Trinajstić information content (AvgIpc) is 3.20. The van der Waals surface area contributed by atoms with Crippen LogP contribution in [-0.2, 0) is 16.6 Å². The lowest BCUT2D eigenvalue weighted by atomic mass is 10.1. The molecule has 0 unspecified atom stereocenters. The van der Waals surface area contributed by atoms with Gasteiger partial charge in [0, 0.05) is 22.9 Å². The highest BCUT2D eigenvalue weighted by molar-refractivity contribution is 7.90. The molecule has 0 radical (unpaired) electrons. The van der Waals surface area contributed by atoms with E-state index in [1.807, 2.05) is 48.1 Å². The molecule has 0 amide bonds. The minimum absolute atomic E-state index is 0.0450. The average molecular weight is 416 g/mol. The Kier molecular flexibility index (Phi) is 4.68. The summed E-state index contributed by atoms with van der Waals surface area (Å²) in [4.78, 5) is 0.308. The monoisotopic (exact) mass is 416 g/mol. The first-order chi connectivity index (χ1) is 13.4. The van der Waals surface area contributed by atoms with Crippen LogP contribution in [0.25, 0.3) is 22.2 Å². The van der Waals surface area contributed by atoms with Gasteiger partial charge in [-0.25, -0.2) is 4.39 Å². The highest BCUT2D eigenvalue weighted by Gasteiger charge is 2.19. The van der Waals surface area contributed by atoms with Gasteiger partial charge >= 0.3 is 0 Å². The number of thiazole rings is 1. The van der Waals surface area contributed by atoms with E-state index in [-0.39, 0.29) is 4.90 Å². The lowest BCUT2D eigenvalue weighted by molar-refractivity contribution is 0.579. The zero-order valence-electron chi connectivity index (χ0n) is 15.2. The van der Waals surface area contributed by atoms with Gasteiger partial charge in [0.05, 0.1) is 10.6 Å². The van der Waals surface area contributed by atoms with Crippen molar-refractivity contribution in [1.29, 1.82) is 0 Å². The Balaban J connectivity index is 1.90. The van der Waals surface area contributed by atoms with Gasteiger partial charge in [0.25, 0.3) is 10.0 Å². The first kappa shape index (κ1) is 18.6. The number of para-hydroxylation sites is 1. The summed E-state index contributed by atoms with van der Waals surface area (Å²) in [6, 6.07) is 12.4. The van der Waals surface area contributed by atoms with Gasteiger partial charge < -0.3 is 8.98 Å². The number of aromatic nitrogens is 1. The zero-order chi connectivity index (χ0) is 19.9. The van der Waals surface area contributed by atoms with E-state index in [1.54, 1.807) is 0 Å². The van der Waals surface area contributed by atoms with E-state index in [4.69, 9.17) is 4.42 Å². The van der Waals surface area contributed by atoms with Crippen molar-refractivity contribution in [2.75, 3.05) is 0 Å². The topological polar surface area (TPSA) is 64.6 Å². The molecule has 2 heterocycles. The van der Waals surface area contributed by atoms with Gasteiger partial charge in [-0.1, -0.05) is 18.2 Å². The molecule has 144 valence electrons. The molecule has 0 atom stereocenters. The maximum absolute atomic E-state index is 13.1. The third kappa shape index (κ3) is 3.18. The van der Waals surface area contributed by atoms with Gasteiger partial charge in [-0.15, -0.1) is 15.7 Å². The second-order valence-corrected chi connectivity index (χ2v) is 8.64. The molecule has 0 fully saturated rings. The fourth-order valence-corrected chi connectivity index (χ4v) is 5.33. The molecular formula is C20H17FN2O3S2. The van der Waals surface area contributed by atoms with Crippen molar-refractivity contribution in [2.45, 2.75) is 25.3 Å². The van der Waals surface area contributed by atoms with Crippen molar-refractivity contribution >= 4 is 32.3 Å². The van der Waals surface area contributed by atoms with Crippen molar-refractivity contribution in [2.24, 2.45) is 4.40 Å². The Labute approximate surface area is 165 Å². The molecule has 0 aliphatic heterocycles. The highest BCUT2D eigenvalue weighted by atomic mass is 32.2. The predicted molar refractivity (Wildman–Crippen MR) is 107 cm³/mol. The molecule has 0 aliphatic rings. The third-order valence-corrected chi connectivity index (χ3v) is 6.71. The summed E-state index contributed by atoms with van der Waals surface area (Å²) in [7, 11) is -3.95. The summed E-state index contributed by atoms with van der Waals surface area (Å²) in [5.41, 5.74) is 2.55. The standard InChI is InChI=1S/C20H17FN2O3S2/c1-3-23-17(19-13(2)26-18-7-5-4-6-16(18)19)12-27-20(23)22-28(24,25)15-10-8-14(21)9-11-15/h4-12H,3H2,1-2H3. The van der Waals surface area contributed by atoms with Crippen LogP contribution >= 0.6 is 11.3 Å². The SMILES string of the molecule is CCn1c(-c2c(C)oc3ccccc23)csc1=NS(=O)(=O)c1ccc(F)cc1. The molecule has 28 heavy (non-hydrogen) atoms. The van der Waals surface area contributed by atoms with E-state index in [9.17, 15) is 12.8 Å². The lowest BCUT2D eigenvalue weighted by Crippen LogP contribution is -2.17. The van der Waals surface area contributed by atoms with E-state index in [2.05, 4.69) is 4.40 Å². The van der Waals surface area contributed by atoms with E-state index in [0.29, 0.717) is 11.3 Å². The van der Waals surface area contributed by atoms with Crippen LogP contribution < -0.4 is 4.80 Å². The summed E-state index contributed by atoms with van der Waals surface area (Å²) < 4.78 is 50.1. The zero-order valence-corrected chi connectivity index (χ0v) is 16.8. The van der Waals surface area contributed by atoms with Gasteiger partial charge in [-0.05, 0) is 44.2 Å². The van der Waals surface area contributed by atoms with Crippen LogP contribution in [0.1, 0.15) is 12.7 Å². The number of aryl methyl sites for hydroxylation is 1. The molecule has 0 saturated carbocycles. The van der Waals surface area contributed by atoms with Crippen molar-refractivity contribution in [3.8, 4) is 11.3 Å². The molecule has 2 aromatic heterocycles. The van der Waals surface area contributed by atoms with Gasteiger partial charge in [-0.3, -0.25) is 0 Å². The molecule has 4 rings (SSSR count). The smallest absolute Gasteiger partial charge is 0.285 e. The Morgan fingerprint density at radius 3 is 2.57 bits per heavy atom. The summed E-state index contributed by atoms with van der Waals surface area (Å²) in [6.45, 7) is 4.35. The van der Waals surface area contributed by atoms with Crippen molar-refractivity contribution in [3.63, 3.8) is 0 Å². The Morgan fingerprint density at radius 1 is 1.14 bits per heavy atom. The van der Waals surface area contributed by atoms with Gasteiger partial charge in [0.15, 0.2) is 0 Å². The van der Waals surface area contributed by atoms with Crippen LogP contribution in [0.5, 0.6) is 0 Å². The number of halogens is 1. The molecule has 0 aliphatic carbocycles. The number of benzene rings is 2. The van der Waals surface area contributed by atoms with Crippen LogP contribution in [0.15, 0.2) is 67.6 Å². The first-order valence-corrected chi connectivity index (χ1v) is 11.0. The van der Waals surface area contributed by atoms with Crippen LogP contribution in [0.3, 0.4) is 0 Å². The maximum Gasteiger partial charge on any atom is 0.285 e. The van der Waals surface area contributed by atoms with Crippen molar-refractivity contribution < 1.29 is 17.2 Å². The Hall–Kier alpha value is -2.71. The number of fused-ring (bicyclic) bond motifs is 1.